The minimum Gasteiger partial charge on any atom is -0.425 e. The van der Waals surface area contributed by atoms with E-state index in [0.29, 0.717) is 35.1 Å². The fourth-order valence-electron chi connectivity index (χ4n) is 3.94. The van der Waals surface area contributed by atoms with Crippen molar-refractivity contribution in [1.29, 1.82) is 0 Å². The third-order valence-electron chi connectivity index (χ3n) is 4.91. The summed E-state index contributed by atoms with van der Waals surface area (Å²) in [7, 11) is 0. The Morgan fingerprint density at radius 1 is 1.45 bits per heavy atom. The summed E-state index contributed by atoms with van der Waals surface area (Å²) in [6.45, 7) is 3.21. The molecule has 0 N–H and O–H groups in total. The van der Waals surface area contributed by atoms with E-state index in [-0.39, 0.29) is 11.2 Å². The van der Waals surface area contributed by atoms with Crippen molar-refractivity contribution < 1.29 is 8.81 Å². The van der Waals surface area contributed by atoms with Gasteiger partial charge in [-0.05, 0) is 24.8 Å². The molecule has 1 saturated carbocycles. The molecular weight excluding hydrogens is 307 g/mol. The van der Waals surface area contributed by atoms with Gasteiger partial charge in [0.25, 0.3) is 0 Å². The first-order valence-electron chi connectivity index (χ1n) is 7.45. The second kappa shape index (κ2) is 4.91. The molecule has 2 aromatic rings. The van der Waals surface area contributed by atoms with E-state index in [0.717, 1.165) is 25.8 Å². The molecule has 3 heterocycles. The van der Waals surface area contributed by atoms with Crippen LogP contribution >= 0.6 is 11.6 Å². The summed E-state index contributed by atoms with van der Waals surface area (Å²) in [6, 6.07) is 1.31. The number of fused-ring (bicyclic) bond motifs is 1. The van der Waals surface area contributed by atoms with Crippen molar-refractivity contribution in [2.45, 2.75) is 31.6 Å². The highest BCUT2D eigenvalue weighted by Crippen LogP contribution is 2.50. The topological polar surface area (TPSA) is 55.1 Å². The summed E-state index contributed by atoms with van der Waals surface area (Å²) in [6.07, 6.45) is 4.70. The normalized spacial score (nSPS) is 27.4. The van der Waals surface area contributed by atoms with Gasteiger partial charge in [-0.1, -0.05) is 18.0 Å². The molecule has 2 aliphatic rings. The van der Waals surface area contributed by atoms with Gasteiger partial charge in [0, 0.05) is 26.2 Å². The van der Waals surface area contributed by atoms with E-state index in [1.807, 2.05) is 4.90 Å². The molecule has 0 aromatic carbocycles. The van der Waals surface area contributed by atoms with Gasteiger partial charge in [0.1, 0.15) is 0 Å². The van der Waals surface area contributed by atoms with Crippen LogP contribution in [0.2, 0.25) is 5.02 Å². The molecule has 2 aromatic heterocycles. The average molecular weight is 323 g/mol. The van der Waals surface area contributed by atoms with Crippen LogP contribution in [0.1, 0.15) is 31.0 Å². The third kappa shape index (κ3) is 2.00. The molecule has 2 atom stereocenters. The molecule has 0 unspecified atom stereocenters. The van der Waals surface area contributed by atoms with E-state index in [2.05, 4.69) is 15.2 Å². The summed E-state index contributed by atoms with van der Waals surface area (Å²) in [5.74, 6) is 1.62. The Morgan fingerprint density at radius 3 is 3.05 bits per heavy atom. The number of aryl methyl sites for hydroxylation is 1. The highest BCUT2D eigenvalue weighted by molar-refractivity contribution is 6.30. The first-order chi connectivity index (χ1) is 10.6. The van der Waals surface area contributed by atoms with Crippen LogP contribution < -0.4 is 4.90 Å². The zero-order valence-electron chi connectivity index (χ0n) is 12.2. The SMILES string of the molecule is Cc1nnc([C@]23CCC[C@H]2CN(c2ncc(Cl)cc2F)C3)o1. The van der Waals surface area contributed by atoms with Crippen molar-refractivity contribution in [3.8, 4) is 0 Å². The second-order valence-corrected chi connectivity index (χ2v) is 6.65. The van der Waals surface area contributed by atoms with Gasteiger partial charge < -0.3 is 9.32 Å². The Kier molecular flexibility index (Phi) is 3.11. The van der Waals surface area contributed by atoms with Crippen molar-refractivity contribution in [2.75, 3.05) is 18.0 Å². The van der Waals surface area contributed by atoms with Crippen LogP contribution in [-0.2, 0) is 5.41 Å². The lowest BCUT2D eigenvalue weighted by Crippen LogP contribution is -2.32. The van der Waals surface area contributed by atoms with Gasteiger partial charge in [0.05, 0.1) is 10.4 Å². The largest absolute Gasteiger partial charge is 0.425 e. The highest BCUT2D eigenvalue weighted by atomic mass is 35.5. The lowest BCUT2D eigenvalue weighted by Gasteiger charge is -2.24. The van der Waals surface area contributed by atoms with Crippen LogP contribution in [0.3, 0.4) is 0 Å². The van der Waals surface area contributed by atoms with Gasteiger partial charge >= 0.3 is 0 Å². The number of hydrogen-bond donors (Lipinski definition) is 0. The molecule has 7 heteroatoms. The Morgan fingerprint density at radius 2 is 2.32 bits per heavy atom. The Balaban J connectivity index is 1.70. The molecule has 4 rings (SSSR count). The number of nitrogens with zero attached hydrogens (tertiary/aromatic N) is 4. The average Bonchev–Trinajstić information content (AvgIpc) is 3.12. The molecule has 0 bridgehead atoms. The predicted octanol–water partition coefficient (Wildman–Crippen LogP) is 3.12. The summed E-state index contributed by atoms with van der Waals surface area (Å²) < 4.78 is 19.9. The number of halogens is 2. The van der Waals surface area contributed by atoms with Crippen molar-refractivity contribution in [1.82, 2.24) is 15.2 Å². The third-order valence-corrected chi connectivity index (χ3v) is 5.12. The number of rotatable bonds is 2. The second-order valence-electron chi connectivity index (χ2n) is 6.21. The molecular formula is C15H16ClFN4O. The highest BCUT2D eigenvalue weighted by Gasteiger charge is 2.54. The van der Waals surface area contributed by atoms with Crippen LogP contribution in [0.25, 0.3) is 0 Å². The van der Waals surface area contributed by atoms with E-state index in [1.165, 1.54) is 12.3 Å². The summed E-state index contributed by atoms with van der Waals surface area (Å²) in [4.78, 5) is 6.15. The fourth-order valence-corrected chi connectivity index (χ4v) is 4.08. The van der Waals surface area contributed by atoms with E-state index < -0.39 is 0 Å². The maximum Gasteiger partial charge on any atom is 0.224 e. The van der Waals surface area contributed by atoms with Gasteiger partial charge in [-0.25, -0.2) is 9.37 Å². The number of anilines is 1. The molecule has 1 aliphatic heterocycles. The van der Waals surface area contributed by atoms with Crippen molar-refractivity contribution >= 4 is 17.4 Å². The van der Waals surface area contributed by atoms with Crippen LogP contribution in [0.5, 0.6) is 0 Å². The Hall–Kier alpha value is -1.69. The first-order valence-corrected chi connectivity index (χ1v) is 7.83. The van der Waals surface area contributed by atoms with E-state index in [9.17, 15) is 4.39 Å². The zero-order chi connectivity index (χ0) is 15.3. The lowest BCUT2D eigenvalue weighted by molar-refractivity contribution is 0.299. The maximum absolute atomic E-state index is 14.2. The quantitative estimate of drug-likeness (QED) is 0.850. The lowest BCUT2D eigenvalue weighted by atomic mass is 9.80. The van der Waals surface area contributed by atoms with Gasteiger partial charge in [-0.3, -0.25) is 0 Å². The summed E-state index contributed by atoms with van der Waals surface area (Å²) in [5, 5.41) is 8.53. The van der Waals surface area contributed by atoms with E-state index in [4.69, 9.17) is 16.0 Å². The summed E-state index contributed by atoms with van der Waals surface area (Å²) in [5.41, 5.74) is -0.172. The van der Waals surface area contributed by atoms with Crippen LogP contribution in [0, 0.1) is 18.7 Å². The number of hydrogen-bond acceptors (Lipinski definition) is 5. The molecule has 2 fully saturated rings. The number of pyridine rings is 1. The molecule has 0 spiro atoms. The van der Waals surface area contributed by atoms with E-state index in [1.54, 1.807) is 6.92 Å². The summed E-state index contributed by atoms with van der Waals surface area (Å²) >= 11 is 5.79. The van der Waals surface area contributed by atoms with Gasteiger partial charge in [-0.2, -0.15) is 0 Å². The van der Waals surface area contributed by atoms with E-state index >= 15 is 0 Å². The number of aromatic nitrogens is 3. The minimum atomic E-state index is -0.385. The van der Waals surface area contributed by atoms with Crippen LogP contribution in [-0.4, -0.2) is 28.3 Å². The zero-order valence-corrected chi connectivity index (χ0v) is 13.0. The van der Waals surface area contributed by atoms with Crippen LogP contribution in [0.15, 0.2) is 16.7 Å². The Bertz CT molecular complexity index is 721. The standard InChI is InChI=1S/C15H16ClFN4O/c1-9-19-20-14(22-9)15-4-2-3-10(15)7-21(8-15)13-12(17)5-11(16)6-18-13/h5-6,10H,2-4,7-8H2,1H3/t10-,15-/m0/s1. The van der Waals surface area contributed by atoms with Gasteiger partial charge in [0.15, 0.2) is 11.6 Å². The van der Waals surface area contributed by atoms with Crippen molar-refractivity contribution in [3.05, 3.63) is 34.9 Å². The molecule has 0 radical (unpaired) electrons. The van der Waals surface area contributed by atoms with Crippen molar-refractivity contribution in [2.24, 2.45) is 5.92 Å². The molecule has 0 amide bonds. The van der Waals surface area contributed by atoms with Crippen LogP contribution in [0.4, 0.5) is 10.2 Å². The molecule has 5 nitrogen and oxygen atoms in total. The van der Waals surface area contributed by atoms with Crippen molar-refractivity contribution in [3.63, 3.8) is 0 Å². The fraction of sp³-hybridized carbons (Fsp3) is 0.533. The smallest absolute Gasteiger partial charge is 0.224 e. The predicted molar refractivity (Wildman–Crippen MR) is 79.5 cm³/mol. The first kappa shape index (κ1) is 13.9. The molecule has 1 saturated heterocycles. The Labute approximate surface area is 132 Å². The van der Waals surface area contributed by atoms with Gasteiger partial charge in [-0.15, -0.1) is 10.2 Å². The maximum atomic E-state index is 14.2. The molecule has 1 aliphatic carbocycles. The molecule has 116 valence electrons. The minimum absolute atomic E-state index is 0.172. The molecule has 22 heavy (non-hydrogen) atoms. The van der Waals surface area contributed by atoms with Gasteiger partial charge in [0.2, 0.25) is 11.8 Å². The monoisotopic (exact) mass is 322 g/mol.